The zero-order chi connectivity index (χ0) is 9.31. The van der Waals surface area contributed by atoms with Crippen LogP contribution in [0.4, 0.5) is 0 Å². The van der Waals surface area contributed by atoms with Crippen LogP contribution in [0.1, 0.15) is 0 Å². The molecule has 2 aliphatic rings. The van der Waals surface area contributed by atoms with Crippen LogP contribution in [0.5, 0.6) is 0 Å². The Balaban J connectivity index is 2.35. The van der Waals surface area contributed by atoms with Gasteiger partial charge in [-0.2, -0.15) is 0 Å². The first-order chi connectivity index (χ1) is 6.20. The molecule has 0 heterocycles. The SMILES string of the molecule is O=C1C=CC2(C=C1)C=CC(=O)C=C2. The molecule has 0 amide bonds. The molecule has 0 aromatic rings. The van der Waals surface area contributed by atoms with Crippen molar-refractivity contribution in [3.8, 4) is 0 Å². The van der Waals surface area contributed by atoms with Crippen molar-refractivity contribution in [3.05, 3.63) is 48.6 Å². The van der Waals surface area contributed by atoms with E-state index in [2.05, 4.69) is 0 Å². The summed E-state index contributed by atoms with van der Waals surface area (Å²) in [6.07, 6.45) is 13.2. The summed E-state index contributed by atoms with van der Waals surface area (Å²) in [7, 11) is 0. The van der Waals surface area contributed by atoms with Gasteiger partial charge in [0.15, 0.2) is 11.6 Å². The minimum absolute atomic E-state index is 0.00988. The van der Waals surface area contributed by atoms with Crippen molar-refractivity contribution in [1.29, 1.82) is 0 Å². The van der Waals surface area contributed by atoms with Crippen molar-refractivity contribution < 1.29 is 9.59 Å². The molecule has 0 N–H and O–H groups in total. The first-order valence-electron chi connectivity index (χ1n) is 4.05. The summed E-state index contributed by atoms with van der Waals surface area (Å²) in [6, 6.07) is 0. The zero-order valence-electron chi connectivity index (χ0n) is 6.94. The van der Waals surface area contributed by atoms with Gasteiger partial charge in [0.05, 0.1) is 0 Å². The van der Waals surface area contributed by atoms with Gasteiger partial charge in [-0.05, 0) is 24.3 Å². The highest BCUT2D eigenvalue weighted by Gasteiger charge is 2.22. The topological polar surface area (TPSA) is 34.1 Å². The summed E-state index contributed by atoms with van der Waals surface area (Å²) >= 11 is 0. The molecule has 0 saturated carbocycles. The van der Waals surface area contributed by atoms with Crippen molar-refractivity contribution in [2.45, 2.75) is 0 Å². The van der Waals surface area contributed by atoms with Crippen LogP contribution in [0, 0.1) is 5.41 Å². The molecule has 1 spiro atoms. The van der Waals surface area contributed by atoms with Gasteiger partial charge >= 0.3 is 0 Å². The van der Waals surface area contributed by atoms with Crippen LogP contribution in [0.2, 0.25) is 0 Å². The molecular weight excluding hydrogens is 164 g/mol. The standard InChI is InChI=1S/C11H8O2/c12-9-1-5-11(6-2-9)7-3-10(13)4-8-11/h1-8H. The van der Waals surface area contributed by atoms with Crippen molar-refractivity contribution in [2.75, 3.05) is 0 Å². The fourth-order valence-corrected chi connectivity index (χ4v) is 1.35. The molecule has 0 bridgehead atoms. The molecule has 0 saturated heterocycles. The second-order valence-corrected chi connectivity index (χ2v) is 3.14. The Kier molecular flexibility index (Phi) is 1.62. The van der Waals surface area contributed by atoms with Crippen LogP contribution >= 0.6 is 0 Å². The second kappa shape index (κ2) is 2.66. The lowest BCUT2D eigenvalue weighted by Gasteiger charge is -2.22. The Morgan fingerprint density at radius 1 is 0.692 bits per heavy atom. The van der Waals surface area contributed by atoms with Crippen LogP contribution in [-0.2, 0) is 9.59 Å². The molecule has 0 unspecified atom stereocenters. The second-order valence-electron chi connectivity index (χ2n) is 3.14. The number of hydrogen-bond donors (Lipinski definition) is 0. The Labute approximate surface area is 75.9 Å². The maximum absolute atomic E-state index is 10.9. The molecular formula is C11H8O2. The van der Waals surface area contributed by atoms with Crippen LogP contribution in [0.15, 0.2) is 48.6 Å². The van der Waals surface area contributed by atoms with Gasteiger partial charge in [0.2, 0.25) is 0 Å². The maximum atomic E-state index is 10.9. The summed E-state index contributed by atoms with van der Waals surface area (Å²) in [6.45, 7) is 0. The van der Waals surface area contributed by atoms with E-state index in [4.69, 9.17) is 0 Å². The largest absolute Gasteiger partial charge is 0.290 e. The third-order valence-electron chi connectivity index (χ3n) is 2.15. The van der Waals surface area contributed by atoms with E-state index >= 15 is 0 Å². The monoisotopic (exact) mass is 172 g/mol. The summed E-state index contributed by atoms with van der Waals surface area (Å²) in [5.74, 6) is -0.0198. The minimum atomic E-state index is -0.345. The van der Waals surface area contributed by atoms with E-state index in [-0.39, 0.29) is 17.0 Å². The summed E-state index contributed by atoms with van der Waals surface area (Å²) in [4.78, 5) is 21.7. The molecule has 0 atom stereocenters. The van der Waals surface area contributed by atoms with Gasteiger partial charge in [0.25, 0.3) is 0 Å². The van der Waals surface area contributed by atoms with E-state index in [1.165, 1.54) is 24.3 Å². The lowest BCUT2D eigenvalue weighted by Crippen LogP contribution is -2.16. The first kappa shape index (κ1) is 7.92. The number of allylic oxidation sites excluding steroid dienone is 8. The predicted molar refractivity (Wildman–Crippen MR) is 49.0 cm³/mol. The zero-order valence-corrected chi connectivity index (χ0v) is 6.94. The highest BCUT2D eigenvalue weighted by molar-refractivity contribution is 6.03. The molecule has 0 aromatic heterocycles. The average Bonchev–Trinajstić information content (AvgIpc) is 2.16. The molecule has 0 radical (unpaired) electrons. The highest BCUT2D eigenvalue weighted by Crippen LogP contribution is 2.30. The fraction of sp³-hybridized carbons (Fsp3) is 0.0909. The summed E-state index contributed by atoms with van der Waals surface area (Å²) in [5, 5.41) is 0. The molecule has 2 aliphatic carbocycles. The number of ketones is 2. The smallest absolute Gasteiger partial charge is 0.178 e. The number of carbonyl (C=O) groups is 2. The van der Waals surface area contributed by atoms with Crippen LogP contribution in [0.25, 0.3) is 0 Å². The van der Waals surface area contributed by atoms with Crippen molar-refractivity contribution in [1.82, 2.24) is 0 Å². The van der Waals surface area contributed by atoms with Gasteiger partial charge in [-0.1, -0.05) is 24.3 Å². The van der Waals surface area contributed by atoms with Gasteiger partial charge in [0.1, 0.15) is 0 Å². The van der Waals surface area contributed by atoms with Crippen molar-refractivity contribution in [3.63, 3.8) is 0 Å². The third-order valence-corrected chi connectivity index (χ3v) is 2.15. The first-order valence-corrected chi connectivity index (χ1v) is 4.05. The van der Waals surface area contributed by atoms with E-state index < -0.39 is 0 Å². The van der Waals surface area contributed by atoms with Gasteiger partial charge in [-0.3, -0.25) is 9.59 Å². The Morgan fingerprint density at radius 2 is 1.00 bits per heavy atom. The van der Waals surface area contributed by atoms with Gasteiger partial charge in [-0.15, -0.1) is 0 Å². The normalized spacial score (nSPS) is 23.1. The van der Waals surface area contributed by atoms with Crippen LogP contribution < -0.4 is 0 Å². The minimum Gasteiger partial charge on any atom is -0.290 e. The van der Waals surface area contributed by atoms with E-state index in [1.807, 2.05) is 0 Å². The quantitative estimate of drug-likeness (QED) is 0.553. The molecule has 0 aliphatic heterocycles. The fourth-order valence-electron chi connectivity index (χ4n) is 1.35. The number of rotatable bonds is 0. The lowest BCUT2D eigenvalue weighted by molar-refractivity contribution is -0.111. The highest BCUT2D eigenvalue weighted by atomic mass is 16.1. The number of hydrogen-bond acceptors (Lipinski definition) is 2. The van der Waals surface area contributed by atoms with Gasteiger partial charge < -0.3 is 0 Å². The molecule has 0 aromatic carbocycles. The van der Waals surface area contributed by atoms with E-state index in [0.717, 1.165) is 0 Å². The molecule has 0 fully saturated rings. The van der Waals surface area contributed by atoms with E-state index in [1.54, 1.807) is 24.3 Å². The lowest BCUT2D eigenvalue weighted by atomic mass is 9.81. The number of carbonyl (C=O) groups excluding carboxylic acids is 2. The summed E-state index contributed by atoms with van der Waals surface area (Å²) < 4.78 is 0. The van der Waals surface area contributed by atoms with Crippen molar-refractivity contribution >= 4 is 11.6 Å². The van der Waals surface area contributed by atoms with Crippen LogP contribution in [-0.4, -0.2) is 11.6 Å². The van der Waals surface area contributed by atoms with Gasteiger partial charge in [-0.25, -0.2) is 0 Å². The van der Waals surface area contributed by atoms with Gasteiger partial charge in [0, 0.05) is 5.41 Å². The average molecular weight is 172 g/mol. The predicted octanol–water partition coefficient (Wildman–Crippen LogP) is 1.36. The third kappa shape index (κ3) is 1.43. The Morgan fingerprint density at radius 3 is 1.31 bits per heavy atom. The molecule has 2 heteroatoms. The summed E-state index contributed by atoms with van der Waals surface area (Å²) in [5.41, 5.74) is -0.345. The molecule has 13 heavy (non-hydrogen) atoms. The molecule has 64 valence electrons. The Bertz CT molecular complexity index is 307. The maximum Gasteiger partial charge on any atom is 0.178 e. The van der Waals surface area contributed by atoms with Crippen LogP contribution in [0.3, 0.4) is 0 Å². The molecule has 2 rings (SSSR count). The van der Waals surface area contributed by atoms with E-state index in [0.29, 0.717) is 0 Å². The van der Waals surface area contributed by atoms with Crippen molar-refractivity contribution in [2.24, 2.45) is 5.41 Å². The van der Waals surface area contributed by atoms with E-state index in [9.17, 15) is 9.59 Å². The Hall–Kier alpha value is -1.70. The molecule has 2 nitrogen and oxygen atoms in total.